The maximum Gasteiger partial charge on any atom is 0.262 e. The van der Waals surface area contributed by atoms with Crippen LogP contribution < -0.4 is 10.6 Å². The Morgan fingerprint density at radius 3 is 2.52 bits per heavy atom. The zero-order valence-corrected chi connectivity index (χ0v) is 19.2. The molecule has 2 heterocycles. The van der Waals surface area contributed by atoms with Crippen LogP contribution in [0.5, 0.6) is 0 Å². The summed E-state index contributed by atoms with van der Waals surface area (Å²) in [5.74, 6) is -1.49. The van der Waals surface area contributed by atoms with E-state index in [0.29, 0.717) is 22.1 Å². The average Bonchev–Trinajstić information content (AvgIpc) is 3.16. The maximum absolute atomic E-state index is 13.2. The van der Waals surface area contributed by atoms with Gasteiger partial charge in [-0.3, -0.25) is 14.4 Å². The van der Waals surface area contributed by atoms with Crippen molar-refractivity contribution in [3.05, 3.63) is 58.9 Å². The second kappa shape index (κ2) is 10.4. The van der Waals surface area contributed by atoms with E-state index in [1.54, 1.807) is 24.3 Å². The Bertz CT molecular complexity index is 1100. The fourth-order valence-corrected chi connectivity index (χ4v) is 4.93. The van der Waals surface area contributed by atoms with Gasteiger partial charge in [-0.15, -0.1) is 0 Å². The SMILES string of the molecule is O=C(CC1SC(N2CCCCC2)=NC1=O)Nc1ccc(C(=O)Nc2ccc(F)cc2Cl)cc1. The molecule has 3 amide bonds. The lowest BCUT2D eigenvalue weighted by Crippen LogP contribution is -2.33. The van der Waals surface area contributed by atoms with Crippen molar-refractivity contribution < 1.29 is 18.8 Å². The molecule has 2 aliphatic rings. The van der Waals surface area contributed by atoms with Crippen molar-refractivity contribution in [2.24, 2.45) is 4.99 Å². The van der Waals surface area contributed by atoms with E-state index < -0.39 is 17.0 Å². The molecule has 0 bridgehead atoms. The van der Waals surface area contributed by atoms with Crippen molar-refractivity contribution in [3.63, 3.8) is 0 Å². The average molecular weight is 489 g/mol. The molecule has 1 atom stereocenters. The van der Waals surface area contributed by atoms with Crippen molar-refractivity contribution >= 4 is 57.6 Å². The number of amides is 3. The molecule has 1 saturated heterocycles. The fraction of sp³-hybridized carbons (Fsp3) is 0.304. The van der Waals surface area contributed by atoms with E-state index in [0.717, 1.165) is 32.0 Å². The molecule has 7 nitrogen and oxygen atoms in total. The zero-order chi connectivity index (χ0) is 23.4. The van der Waals surface area contributed by atoms with Crippen molar-refractivity contribution in [2.75, 3.05) is 23.7 Å². The summed E-state index contributed by atoms with van der Waals surface area (Å²) in [5, 5.41) is 5.66. The molecule has 0 radical (unpaired) electrons. The highest BCUT2D eigenvalue weighted by Crippen LogP contribution is 2.29. The first-order valence-corrected chi connectivity index (χ1v) is 11.9. The highest BCUT2D eigenvalue weighted by atomic mass is 35.5. The summed E-state index contributed by atoms with van der Waals surface area (Å²) >= 11 is 7.29. The molecule has 172 valence electrons. The molecule has 0 spiro atoms. The number of nitrogens with one attached hydrogen (secondary N) is 2. The minimum Gasteiger partial charge on any atom is -0.351 e. The molecule has 2 aliphatic heterocycles. The van der Waals surface area contributed by atoms with E-state index in [1.165, 1.54) is 30.3 Å². The van der Waals surface area contributed by atoms with Crippen molar-refractivity contribution in [1.82, 2.24) is 4.90 Å². The number of rotatable bonds is 5. The van der Waals surface area contributed by atoms with Gasteiger partial charge in [-0.25, -0.2) is 4.39 Å². The van der Waals surface area contributed by atoms with E-state index in [2.05, 4.69) is 20.5 Å². The number of aliphatic imine (C=N–C) groups is 1. The molecule has 33 heavy (non-hydrogen) atoms. The molecule has 0 aliphatic carbocycles. The lowest BCUT2D eigenvalue weighted by molar-refractivity contribution is -0.121. The molecule has 0 aromatic heterocycles. The van der Waals surface area contributed by atoms with Crippen LogP contribution in [0.3, 0.4) is 0 Å². The Balaban J connectivity index is 1.29. The minimum atomic E-state index is -0.521. The normalized spacial score (nSPS) is 18.1. The van der Waals surface area contributed by atoms with Gasteiger partial charge >= 0.3 is 0 Å². The number of likely N-dealkylation sites (tertiary alicyclic amines) is 1. The van der Waals surface area contributed by atoms with Crippen LogP contribution in [0.25, 0.3) is 0 Å². The smallest absolute Gasteiger partial charge is 0.262 e. The Labute approximate surface area is 199 Å². The third-order valence-electron chi connectivity index (χ3n) is 5.34. The van der Waals surface area contributed by atoms with Gasteiger partial charge in [0, 0.05) is 30.8 Å². The minimum absolute atomic E-state index is 0.0235. The first-order valence-electron chi connectivity index (χ1n) is 10.6. The summed E-state index contributed by atoms with van der Waals surface area (Å²) in [6.07, 6.45) is 3.39. The standard InChI is InChI=1S/C23H22ClFN4O3S/c24-17-12-15(25)6-9-18(17)27-21(31)14-4-7-16(8-5-14)26-20(30)13-19-22(32)28-23(33-19)29-10-2-1-3-11-29/h4-9,12,19H,1-3,10-11,13H2,(H,26,30)(H,27,31). The van der Waals surface area contributed by atoms with Gasteiger partial charge in [-0.1, -0.05) is 23.4 Å². The highest BCUT2D eigenvalue weighted by molar-refractivity contribution is 8.15. The van der Waals surface area contributed by atoms with Gasteiger partial charge < -0.3 is 15.5 Å². The third kappa shape index (κ3) is 5.91. The molecule has 0 saturated carbocycles. The van der Waals surface area contributed by atoms with Crippen molar-refractivity contribution in [1.29, 1.82) is 0 Å². The summed E-state index contributed by atoms with van der Waals surface area (Å²) in [5.41, 5.74) is 1.14. The Hall–Kier alpha value is -2.91. The van der Waals surface area contributed by atoms with E-state index >= 15 is 0 Å². The number of carbonyl (C=O) groups excluding carboxylic acids is 3. The molecule has 4 rings (SSSR count). The summed E-state index contributed by atoms with van der Waals surface area (Å²) in [6, 6.07) is 9.99. The number of nitrogens with zero attached hydrogens (tertiary/aromatic N) is 2. The number of anilines is 2. The highest BCUT2D eigenvalue weighted by Gasteiger charge is 2.33. The zero-order valence-electron chi connectivity index (χ0n) is 17.6. The van der Waals surface area contributed by atoms with Crippen LogP contribution in [-0.4, -0.2) is 46.1 Å². The summed E-state index contributed by atoms with van der Waals surface area (Å²) in [6.45, 7) is 1.79. The molecule has 2 N–H and O–H groups in total. The number of hydrogen-bond donors (Lipinski definition) is 2. The maximum atomic E-state index is 13.2. The topological polar surface area (TPSA) is 90.9 Å². The van der Waals surface area contributed by atoms with Gasteiger partial charge in [0.15, 0.2) is 5.17 Å². The first kappa shape index (κ1) is 23.3. The van der Waals surface area contributed by atoms with Crippen LogP contribution in [-0.2, 0) is 9.59 Å². The van der Waals surface area contributed by atoms with Gasteiger partial charge in [0.05, 0.1) is 10.7 Å². The monoisotopic (exact) mass is 488 g/mol. The molecule has 1 fully saturated rings. The quantitative estimate of drug-likeness (QED) is 0.644. The van der Waals surface area contributed by atoms with E-state index in [9.17, 15) is 18.8 Å². The van der Waals surface area contributed by atoms with Crippen molar-refractivity contribution in [3.8, 4) is 0 Å². The predicted octanol–water partition coefficient (Wildman–Crippen LogP) is 4.54. The van der Waals surface area contributed by atoms with Crippen LogP contribution in [0.1, 0.15) is 36.0 Å². The van der Waals surface area contributed by atoms with E-state index in [4.69, 9.17) is 11.6 Å². The second-order valence-electron chi connectivity index (χ2n) is 7.79. The van der Waals surface area contributed by atoms with E-state index in [-0.39, 0.29) is 23.3 Å². The first-order chi connectivity index (χ1) is 15.9. The van der Waals surface area contributed by atoms with Crippen LogP contribution in [0.2, 0.25) is 5.02 Å². The van der Waals surface area contributed by atoms with Crippen LogP contribution >= 0.6 is 23.4 Å². The van der Waals surface area contributed by atoms with Gasteiger partial charge in [0.25, 0.3) is 11.8 Å². The number of hydrogen-bond acceptors (Lipinski definition) is 5. The van der Waals surface area contributed by atoms with Gasteiger partial charge in [0.1, 0.15) is 11.1 Å². The predicted molar refractivity (Wildman–Crippen MR) is 128 cm³/mol. The van der Waals surface area contributed by atoms with Crippen LogP contribution in [0.15, 0.2) is 47.5 Å². The van der Waals surface area contributed by atoms with Crippen molar-refractivity contribution in [2.45, 2.75) is 30.9 Å². The molecule has 2 aromatic rings. The second-order valence-corrected chi connectivity index (χ2v) is 9.37. The third-order valence-corrected chi connectivity index (χ3v) is 6.86. The van der Waals surface area contributed by atoms with Crippen LogP contribution in [0, 0.1) is 5.82 Å². The summed E-state index contributed by atoms with van der Waals surface area (Å²) in [7, 11) is 0. The number of benzene rings is 2. The molecule has 1 unspecified atom stereocenters. The fourth-order valence-electron chi connectivity index (χ4n) is 3.60. The molecule has 10 heteroatoms. The summed E-state index contributed by atoms with van der Waals surface area (Å²) < 4.78 is 13.2. The Kier molecular flexibility index (Phi) is 7.29. The number of amidine groups is 1. The Morgan fingerprint density at radius 2 is 1.82 bits per heavy atom. The number of carbonyl (C=O) groups is 3. The van der Waals surface area contributed by atoms with Gasteiger partial charge in [-0.05, 0) is 61.7 Å². The lowest BCUT2D eigenvalue weighted by atomic mass is 10.1. The van der Waals surface area contributed by atoms with Gasteiger partial charge in [0.2, 0.25) is 5.91 Å². The number of thioether (sulfide) groups is 1. The number of piperidine rings is 1. The molecular formula is C23H22ClFN4O3S. The van der Waals surface area contributed by atoms with E-state index in [1.807, 2.05) is 0 Å². The molecular weight excluding hydrogens is 467 g/mol. The van der Waals surface area contributed by atoms with Crippen LogP contribution in [0.4, 0.5) is 15.8 Å². The largest absolute Gasteiger partial charge is 0.351 e. The summed E-state index contributed by atoms with van der Waals surface area (Å²) in [4.78, 5) is 43.4. The number of halogens is 2. The lowest BCUT2D eigenvalue weighted by Gasteiger charge is -2.27. The Morgan fingerprint density at radius 1 is 1.09 bits per heavy atom. The van der Waals surface area contributed by atoms with Gasteiger partial charge in [-0.2, -0.15) is 4.99 Å². The molecule has 2 aromatic carbocycles.